The van der Waals surface area contributed by atoms with E-state index in [1.807, 2.05) is 6.92 Å². The molecule has 1 aliphatic heterocycles. The monoisotopic (exact) mass is 463 g/mol. The van der Waals surface area contributed by atoms with Crippen molar-refractivity contribution in [1.29, 1.82) is 0 Å². The first-order chi connectivity index (χ1) is 15.7. The van der Waals surface area contributed by atoms with Crippen LogP contribution in [-0.2, 0) is 9.47 Å². The fourth-order valence-electron chi connectivity index (χ4n) is 3.24. The number of allylic oxidation sites excluding steroid dienone is 3. The van der Waals surface area contributed by atoms with Crippen LogP contribution in [-0.4, -0.2) is 50.5 Å². The molecule has 0 bridgehead atoms. The second-order valence-electron chi connectivity index (χ2n) is 7.53. The van der Waals surface area contributed by atoms with Crippen molar-refractivity contribution >= 4 is 18.7 Å². The van der Waals surface area contributed by atoms with Gasteiger partial charge in [-0.05, 0) is 39.0 Å². The molecule has 0 unspecified atom stereocenters. The third-order valence-corrected chi connectivity index (χ3v) is 4.84. The Balaban J connectivity index is 0.000000696. The summed E-state index contributed by atoms with van der Waals surface area (Å²) < 4.78 is 52.8. The second-order valence-corrected chi connectivity index (χ2v) is 7.53. The second kappa shape index (κ2) is 13.0. The largest absolute Gasteiger partial charge is 0.673 e. The zero-order valence-corrected chi connectivity index (χ0v) is 19.2. The van der Waals surface area contributed by atoms with Gasteiger partial charge in [0.25, 0.3) is 0 Å². The number of benzene rings is 2. The van der Waals surface area contributed by atoms with Crippen molar-refractivity contribution in [3.63, 3.8) is 0 Å². The Bertz CT molecular complexity index is 951. The number of hydrogen-bond acceptors (Lipinski definition) is 2. The first-order valence-corrected chi connectivity index (χ1v) is 10.9. The highest BCUT2D eigenvalue weighted by molar-refractivity contribution is 6.50. The number of morpholine rings is 1. The van der Waals surface area contributed by atoms with Crippen molar-refractivity contribution in [1.82, 2.24) is 0 Å². The number of hydrogen-bond donors (Lipinski definition) is 0. The normalized spacial score (nSPS) is 14.6. The summed E-state index contributed by atoms with van der Waals surface area (Å²) in [7, 11) is -6.00. The molecule has 1 heterocycles. The summed E-state index contributed by atoms with van der Waals surface area (Å²) in [6, 6.07) is 17.2. The van der Waals surface area contributed by atoms with Crippen LogP contribution in [0.3, 0.4) is 0 Å². The van der Waals surface area contributed by atoms with E-state index in [2.05, 4.69) is 85.2 Å². The Labute approximate surface area is 193 Å². The topological polar surface area (TPSA) is 21.5 Å². The van der Waals surface area contributed by atoms with E-state index in [-0.39, 0.29) is 0 Å². The quantitative estimate of drug-likeness (QED) is 0.171. The van der Waals surface area contributed by atoms with Crippen LogP contribution >= 0.6 is 0 Å². The van der Waals surface area contributed by atoms with Crippen LogP contribution in [0.2, 0.25) is 0 Å². The molecule has 0 radical (unpaired) electrons. The minimum atomic E-state index is -6.00. The molecule has 2 aromatic carbocycles. The molecule has 1 fully saturated rings. The van der Waals surface area contributed by atoms with E-state index in [1.165, 1.54) is 22.4 Å². The lowest BCUT2D eigenvalue weighted by Gasteiger charge is -2.14. The van der Waals surface area contributed by atoms with E-state index in [0.29, 0.717) is 6.61 Å². The van der Waals surface area contributed by atoms with Crippen LogP contribution in [0.25, 0.3) is 5.76 Å². The van der Waals surface area contributed by atoms with Gasteiger partial charge in [-0.3, -0.25) is 0 Å². The molecule has 3 rings (SSSR count). The molecule has 0 N–H and O–H groups in total. The van der Waals surface area contributed by atoms with E-state index in [1.54, 1.807) is 0 Å². The molecule has 0 amide bonds. The molecule has 1 saturated heterocycles. The third-order valence-electron chi connectivity index (χ3n) is 4.84. The Morgan fingerprint density at radius 3 is 1.88 bits per heavy atom. The molecule has 33 heavy (non-hydrogen) atoms. The molecule has 8 heteroatoms. The third kappa shape index (κ3) is 10.1. The van der Waals surface area contributed by atoms with Crippen molar-refractivity contribution < 1.29 is 31.3 Å². The molecule has 2 aromatic rings. The lowest BCUT2D eigenvalue weighted by molar-refractivity contribution is -0.548. The predicted octanol–water partition coefficient (Wildman–Crippen LogP) is 6.07. The van der Waals surface area contributed by atoms with Crippen molar-refractivity contribution in [2.75, 3.05) is 32.9 Å². The Morgan fingerprint density at radius 2 is 1.39 bits per heavy atom. The first kappa shape index (κ1) is 26.4. The summed E-state index contributed by atoms with van der Waals surface area (Å²) in [5.41, 5.74) is 6.06. The van der Waals surface area contributed by atoms with Crippen LogP contribution in [0, 0.1) is 13.8 Å². The van der Waals surface area contributed by atoms with Crippen LogP contribution < -0.4 is 0 Å². The SMILES string of the molecule is CCO/C(=C/C=C/C(c1ccc(C)cc1)=[N+]1CCOCC1)c1ccc(C)cc1.F[B-](F)(F)F. The molecular formula is C25H30BF4NO2. The molecule has 0 spiro atoms. The van der Waals surface area contributed by atoms with Gasteiger partial charge in [0.05, 0.1) is 6.61 Å². The molecule has 0 aliphatic carbocycles. The van der Waals surface area contributed by atoms with Gasteiger partial charge in [-0.2, -0.15) is 0 Å². The van der Waals surface area contributed by atoms with Gasteiger partial charge in [0.15, 0.2) is 13.1 Å². The van der Waals surface area contributed by atoms with E-state index in [9.17, 15) is 17.3 Å². The van der Waals surface area contributed by atoms with Crippen LogP contribution in [0.5, 0.6) is 0 Å². The fourth-order valence-corrected chi connectivity index (χ4v) is 3.24. The van der Waals surface area contributed by atoms with Crippen LogP contribution in [0.15, 0.2) is 66.8 Å². The summed E-state index contributed by atoms with van der Waals surface area (Å²) in [5, 5.41) is 0. The summed E-state index contributed by atoms with van der Waals surface area (Å²) >= 11 is 0. The molecule has 3 nitrogen and oxygen atoms in total. The van der Waals surface area contributed by atoms with Crippen molar-refractivity contribution in [3.05, 3.63) is 89.0 Å². The maximum Gasteiger partial charge on any atom is 0.673 e. The minimum Gasteiger partial charge on any atom is -0.493 e. The molecule has 0 atom stereocenters. The van der Waals surface area contributed by atoms with Crippen LogP contribution in [0.4, 0.5) is 17.3 Å². The van der Waals surface area contributed by atoms with Gasteiger partial charge in [-0.1, -0.05) is 53.6 Å². The highest BCUT2D eigenvalue weighted by atomic mass is 19.5. The minimum absolute atomic E-state index is 0.644. The van der Waals surface area contributed by atoms with Gasteiger partial charge in [0, 0.05) is 17.2 Å². The highest BCUT2D eigenvalue weighted by Gasteiger charge is 2.20. The first-order valence-electron chi connectivity index (χ1n) is 10.9. The van der Waals surface area contributed by atoms with Gasteiger partial charge in [-0.15, -0.1) is 0 Å². The van der Waals surface area contributed by atoms with Crippen LogP contribution in [0.1, 0.15) is 29.2 Å². The number of ether oxygens (including phenoxy) is 2. The van der Waals surface area contributed by atoms with E-state index in [0.717, 1.165) is 37.6 Å². The number of rotatable bonds is 6. The summed E-state index contributed by atoms with van der Waals surface area (Å²) in [6.45, 7) is 10.2. The predicted molar refractivity (Wildman–Crippen MR) is 126 cm³/mol. The standard InChI is InChI=1S/C25H30NO2.BF4/c1-4-28-25(23-14-10-21(3)11-15-23)7-5-6-24(26-16-18-27-19-17-26)22-12-8-20(2)9-13-22;2-1(3,4)5/h5-15H,4,16-19H2,1-3H3;/q+1;-1/b6-5+,25-7+;. The van der Waals surface area contributed by atoms with Crippen molar-refractivity contribution in [2.24, 2.45) is 0 Å². The fraction of sp³-hybridized carbons (Fsp3) is 0.320. The molecule has 1 aliphatic rings. The summed E-state index contributed by atoms with van der Waals surface area (Å²) in [6.07, 6.45) is 6.33. The highest BCUT2D eigenvalue weighted by Crippen LogP contribution is 2.17. The maximum absolute atomic E-state index is 9.75. The Hall–Kier alpha value is -2.87. The van der Waals surface area contributed by atoms with Gasteiger partial charge in [0.1, 0.15) is 19.0 Å². The lowest BCUT2D eigenvalue weighted by Crippen LogP contribution is -2.33. The smallest absolute Gasteiger partial charge is 0.493 e. The Kier molecular flexibility index (Phi) is 10.4. The number of aryl methyl sites for hydroxylation is 2. The van der Waals surface area contributed by atoms with Crippen molar-refractivity contribution in [3.8, 4) is 0 Å². The Morgan fingerprint density at radius 1 is 0.909 bits per heavy atom. The average Bonchev–Trinajstić information content (AvgIpc) is 2.77. The van der Waals surface area contributed by atoms with Gasteiger partial charge < -0.3 is 26.7 Å². The maximum atomic E-state index is 9.75. The van der Waals surface area contributed by atoms with Gasteiger partial charge in [0.2, 0.25) is 5.71 Å². The average molecular weight is 463 g/mol. The molecule has 0 saturated carbocycles. The molecular weight excluding hydrogens is 433 g/mol. The number of nitrogens with zero attached hydrogens (tertiary/aromatic N) is 1. The lowest BCUT2D eigenvalue weighted by atomic mass is 10.1. The van der Waals surface area contributed by atoms with Gasteiger partial charge >= 0.3 is 7.25 Å². The van der Waals surface area contributed by atoms with E-state index >= 15 is 0 Å². The van der Waals surface area contributed by atoms with E-state index < -0.39 is 7.25 Å². The van der Waals surface area contributed by atoms with Gasteiger partial charge in [-0.25, -0.2) is 4.58 Å². The zero-order chi connectivity index (χ0) is 24.3. The summed E-state index contributed by atoms with van der Waals surface area (Å²) in [5.74, 6) is 0.893. The molecule has 178 valence electrons. The zero-order valence-electron chi connectivity index (χ0n) is 19.2. The van der Waals surface area contributed by atoms with Crippen molar-refractivity contribution in [2.45, 2.75) is 20.8 Å². The number of halogens is 4. The van der Waals surface area contributed by atoms with E-state index in [4.69, 9.17) is 9.47 Å². The molecule has 0 aromatic heterocycles. The summed E-state index contributed by atoms with van der Waals surface area (Å²) in [4.78, 5) is 0.